The largest absolute Gasteiger partial charge is 0.508 e. The summed E-state index contributed by atoms with van der Waals surface area (Å²) < 4.78 is 31.1. The van der Waals surface area contributed by atoms with Gasteiger partial charge in [-0.05, 0) is 141 Å². The minimum atomic E-state index is -1.74. The van der Waals surface area contributed by atoms with Crippen molar-refractivity contribution in [3.63, 3.8) is 0 Å². The molecule has 5 aromatic carbocycles. The van der Waals surface area contributed by atoms with Gasteiger partial charge in [0.2, 0.25) is 11.1 Å². The van der Waals surface area contributed by atoms with Gasteiger partial charge >= 0.3 is 0 Å². The molecule has 1 heterocycles. The lowest BCUT2D eigenvalue weighted by molar-refractivity contribution is -0.166. The molecule has 6 rings (SSSR count). The van der Waals surface area contributed by atoms with Crippen molar-refractivity contribution in [2.75, 3.05) is 18.7 Å². The molecule has 6 aromatic rings. The summed E-state index contributed by atoms with van der Waals surface area (Å²) in [7, 11) is 1.22. The summed E-state index contributed by atoms with van der Waals surface area (Å²) in [5.41, 5.74) is 8.91. The highest BCUT2D eigenvalue weighted by atomic mass is 32.2. The molecule has 0 spiro atoms. The van der Waals surface area contributed by atoms with Gasteiger partial charge in [-0.25, -0.2) is 9.27 Å². The van der Waals surface area contributed by atoms with E-state index in [0.29, 0.717) is 55.6 Å². The number of para-hydroxylation sites is 1. The zero-order valence-corrected chi connectivity index (χ0v) is 46.6. The molecule has 0 aliphatic carbocycles. The van der Waals surface area contributed by atoms with E-state index in [4.69, 9.17) is 24.1 Å². The summed E-state index contributed by atoms with van der Waals surface area (Å²) in [5.74, 6) is 1.31. The minimum Gasteiger partial charge on any atom is -0.508 e. The fourth-order valence-electron chi connectivity index (χ4n) is 6.81. The number of phenols is 3. The Bertz CT molecular complexity index is 2740. The van der Waals surface area contributed by atoms with Crippen LogP contribution in [0.4, 0.5) is 5.69 Å². The molecule has 402 valence electrons. The highest BCUT2D eigenvalue weighted by Crippen LogP contribution is 2.40. The van der Waals surface area contributed by atoms with Gasteiger partial charge in [-0.1, -0.05) is 125 Å². The minimum absolute atomic E-state index is 0.106. The van der Waals surface area contributed by atoms with E-state index in [0.717, 1.165) is 40.0 Å². The molecule has 0 saturated heterocycles. The van der Waals surface area contributed by atoms with E-state index < -0.39 is 29.2 Å². The smallest absolute Gasteiger partial charge is 0.286 e. The summed E-state index contributed by atoms with van der Waals surface area (Å²) in [4.78, 5) is 25.6. The van der Waals surface area contributed by atoms with Crippen LogP contribution in [0.2, 0.25) is 0 Å². The van der Waals surface area contributed by atoms with E-state index in [9.17, 15) is 29.1 Å². The summed E-state index contributed by atoms with van der Waals surface area (Å²) in [5, 5.41) is 54.9. The Morgan fingerprint density at radius 2 is 1.44 bits per heavy atom. The molecule has 75 heavy (non-hydrogen) atoms. The van der Waals surface area contributed by atoms with Gasteiger partial charge in [-0.3, -0.25) is 25.6 Å². The van der Waals surface area contributed by atoms with E-state index in [-0.39, 0.29) is 23.2 Å². The number of thioether (sulfide) groups is 1. The maximum atomic E-state index is 13.2. The van der Waals surface area contributed by atoms with Crippen molar-refractivity contribution in [3.8, 4) is 40.6 Å². The number of hydrazine groups is 1. The predicted octanol–water partition coefficient (Wildman–Crippen LogP) is 12.7. The van der Waals surface area contributed by atoms with Crippen LogP contribution in [0.3, 0.4) is 0 Å². The molecule has 16 nitrogen and oxygen atoms in total. The molecule has 6 N–H and O–H groups in total. The van der Waals surface area contributed by atoms with Crippen LogP contribution < -0.4 is 24.5 Å². The van der Waals surface area contributed by atoms with Crippen LogP contribution in [-0.2, 0) is 20.7 Å². The van der Waals surface area contributed by atoms with Crippen molar-refractivity contribution in [2.24, 2.45) is 0 Å². The van der Waals surface area contributed by atoms with Gasteiger partial charge in [0.05, 0.1) is 21.0 Å². The van der Waals surface area contributed by atoms with Crippen molar-refractivity contribution < 1.29 is 48.0 Å². The van der Waals surface area contributed by atoms with Crippen molar-refractivity contribution in [1.82, 2.24) is 20.7 Å². The summed E-state index contributed by atoms with van der Waals surface area (Å²) in [6.07, 6.45) is 11.5. The van der Waals surface area contributed by atoms with Crippen LogP contribution in [-0.4, -0.2) is 77.3 Å². The van der Waals surface area contributed by atoms with Gasteiger partial charge < -0.3 is 29.0 Å². The molecule has 20 heteroatoms. The number of ether oxygens (including phenoxy) is 2. The maximum Gasteiger partial charge on any atom is 0.286 e. The van der Waals surface area contributed by atoms with Crippen molar-refractivity contribution >= 4 is 63.4 Å². The van der Waals surface area contributed by atoms with Gasteiger partial charge in [0.1, 0.15) is 40.6 Å². The predicted molar refractivity (Wildman–Crippen MR) is 296 cm³/mol. The van der Waals surface area contributed by atoms with E-state index >= 15 is 0 Å². The quantitative estimate of drug-likeness (QED) is 0.0103. The molecule has 0 radical (unpaired) electrons. The molecule has 0 aliphatic heterocycles. The second kappa shape index (κ2) is 32.7. The van der Waals surface area contributed by atoms with E-state index in [1.54, 1.807) is 67.6 Å². The van der Waals surface area contributed by atoms with Gasteiger partial charge in [-0.2, -0.15) is 5.26 Å². The number of aromatic nitrogens is 2. The zero-order valence-electron chi connectivity index (χ0n) is 43.4. The third-order valence-corrected chi connectivity index (χ3v) is 15.4. The van der Waals surface area contributed by atoms with Crippen LogP contribution >= 0.6 is 34.9 Å². The number of aromatic hydroxyl groups is 3. The SMILES string of the molecule is CC(Oc1ccccc1C#N)C(=O)N(C)O.CCCCCCCCCCC(Oc1ccc(S(=O)Oc2ccc(O)cc2)cc1)C(=O)NNc1ccc(C(C)CC)cc1.CSc1nnc(Sc2cc(O)c(C)cc2O)s1. The van der Waals surface area contributed by atoms with E-state index in [2.05, 4.69) is 54.0 Å². The number of likely N-dealkylation sites (N-methyl/N-ethyl adjacent to an activating group) is 1. The van der Waals surface area contributed by atoms with Crippen LogP contribution in [0.1, 0.15) is 115 Å². The molecule has 4 atom stereocenters. The highest BCUT2D eigenvalue weighted by Gasteiger charge is 2.22. The normalized spacial score (nSPS) is 12.2. The van der Waals surface area contributed by atoms with Crippen molar-refractivity contribution in [3.05, 3.63) is 126 Å². The van der Waals surface area contributed by atoms with Gasteiger partial charge in [0, 0.05) is 7.05 Å². The Morgan fingerprint density at radius 3 is 2.05 bits per heavy atom. The second-order valence-electron chi connectivity index (χ2n) is 17.2. The average molecular weight is 1100 g/mol. The summed E-state index contributed by atoms with van der Waals surface area (Å²) >= 11 is 2.54. The third-order valence-electron chi connectivity index (χ3n) is 11.4. The Labute approximate surface area is 455 Å². The number of carbonyl (C=O) groups is 2. The first-order chi connectivity index (χ1) is 36.0. The molecule has 2 amide bonds. The van der Waals surface area contributed by atoms with E-state index in [1.165, 1.54) is 111 Å². The molecule has 4 unspecified atom stereocenters. The number of hydrogen-bond donors (Lipinski definition) is 6. The summed E-state index contributed by atoms with van der Waals surface area (Å²) in [6.45, 7) is 9.83. The molecular weight excluding hydrogens is 1030 g/mol. The molecule has 0 bridgehead atoms. The number of benzene rings is 5. The number of unbranched alkanes of at least 4 members (excludes halogenated alkanes) is 7. The number of nitrogens with zero attached hydrogens (tertiary/aromatic N) is 4. The Balaban J connectivity index is 0.000000299. The molecule has 0 saturated carbocycles. The monoisotopic (exact) mass is 1100 g/mol. The highest BCUT2D eigenvalue weighted by molar-refractivity contribution is 8.03. The Hall–Kier alpha value is -6.50. The first kappa shape index (κ1) is 61.1. The lowest BCUT2D eigenvalue weighted by Gasteiger charge is -2.20. The molecule has 0 fully saturated rings. The van der Waals surface area contributed by atoms with Crippen LogP contribution in [0.5, 0.6) is 34.5 Å². The number of nitrogens with one attached hydrogen (secondary N) is 2. The number of phenolic OH excluding ortho intramolecular Hbond substituents is 3. The van der Waals surface area contributed by atoms with Crippen molar-refractivity contribution in [1.29, 1.82) is 5.26 Å². The average Bonchev–Trinajstić information content (AvgIpc) is 3.88. The number of amides is 2. The second-order valence-corrected chi connectivity index (χ2v) is 21.6. The number of hydrogen-bond acceptors (Lipinski definition) is 17. The maximum absolute atomic E-state index is 13.2. The Morgan fingerprint density at radius 1 is 0.813 bits per heavy atom. The zero-order chi connectivity index (χ0) is 54.7. The molecule has 1 aromatic heterocycles. The number of nitriles is 1. The summed E-state index contributed by atoms with van der Waals surface area (Å²) in [6, 6.07) is 32.5. The van der Waals surface area contributed by atoms with Gasteiger partial charge in [0.15, 0.2) is 20.9 Å². The standard InChI is InChI=1S/C34H46N2O5S.C11H12N2O3.C10H10N2O2S3/c1-4-6-7-8-9-10-11-12-13-33(34(38)36-35-28-16-14-27(15-17-28)26(3)5-2)40-30-22-24-32(25-23-30)42(39)41-31-20-18-29(37)19-21-31;1-8(11(14)13(2)15)16-10-6-4-3-5-9(10)7-12;1-5-3-7(14)8(4-6(5)13)16-10-12-11-9(15-2)17-10/h14-26,33,35,37H,4-13H2,1-3H3,(H,36,38);3-6,8,15H,1-2H3;3-4,13-14H,1-2H3. The number of aryl methyl sites for hydroxylation is 1. The van der Waals surface area contributed by atoms with Crippen LogP contribution in [0.15, 0.2) is 128 Å². The first-order valence-corrected chi connectivity index (χ1v) is 28.5. The van der Waals surface area contributed by atoms with Gasteiger partial charge in [-0.15, -0.1) is 10.2 Å². The number of hydroxylamine groups is 2. The number of anilines is 1. The van der Waals surface area contributed by atoms with Gasteiger partial charge in [0.25, 0.3) is 11.8 Å². The lowest BCUT2D eigenvalue weighted by atomic mass is 9.99. The molecular formula is C55H68N6O10S4. The van der Waals surface area contributed by atoms with Crippen LogP contribution in [0, 0.1) is 18.3 Å². The Kier molecular flexibility index (Phi) is 26.6. The third kappa shape index (κ3) is 21.3. The van der Waals surface area contributed by atoms with Crippen LogP contribution in [0.25, 0.3) is 0 Å². The first-order valence-electron chi connectivity index (χ1n) is 24.6. The fourth-order valence-corrected chi connectivity index (χ4v) is 9.99. The van der Waals surface area contributed by atoms with Crippen molar-refractivity contribution in [2.45, 2.75) is 135 Å². The number of rotatable bonds is 25. The number of carbonyl (C=O) groups excluding carboxylic acids is 2. The topological polar surface area (TPSA) is 237 Å². The van der Waals surface area contributed by atoms with E-state index in [1.807, 2.05) is 24.5 Å². The lowest BCUT2D eigenvalue weighted by Crippen LogP contribution is -2.41. The fraction of sp³-hybridized carbons (Fsp3) is 0.364. The molecule has 0 aliphatic rings.